The molecule has 5 unspecified atom stereocenters. The third-order valence-electron chi connectivity index (χ3n) is 5.15. The summed E-state index contributed by atoms with van der Waals surface area (Å²) >= 11 is 0. The molecule has 12 heteroatoms. The molecule has 1 rings (SSSR count). The molecule has 186 valence electrons. The van der Waals surface area contributed by atoms with Crippen molar-refractivity contribution in [3.8, 4) is 0 Å². The Morgan fingerprint density at radius 2 is 1.69 bits per heavy atom. The summed E-state index contributed by atoms with van der Waals surface area (Å²) in [7, 11) is 0. The van der Waals surface area contributed by atoms with Gasteiger partial charge in [-0.2, -0.15) is 0 Å². The van der Waals surface area contributed by atoms with Crippen molar-refractivity contribution >= 4 is 17.8 Å². The van der Waals surface area contributed by atoms with Gasteiger partial charge in [0.1, 0.15) is 24.4 Å². The van der Waals surface area contributed by atoms with Gasteiger partial charge in [-0.15, -0.1) is 0 Å². The minimum atomic E-state index is -1.33. The van der Waals surface area contributed by atoms with Crippen molar-refractivity contribution < 1.29 is 44.3 Å². The molecule has 0 spiro atoms. The number of carboxylic acids is 1. The number of carbonyl (C=O) groups is 3. The maximum absolute atomic E-state index is 12.3. The topological polar surface area (TPSA) is 201 Å². The molecule has 1 aliphatic rings. The van der Waals surface area contributed by atoms with Crippen LogP contribution in [0.3, 0.4) is 0 Å². The second kappa shape index (κ2) is 14.3. The lowest BCUT2D eigenvalue weighted by atomic mass is 10.0. The fraction of sp³-hybridized carbons (Fsp3) is 0.850. The standard InChI is InChI=1S/C20H37N3O9/c1-11(21)18(29)23-13(7-8-14(24)25)19(30)22-9-5-3-4-6-10-31-20-17(28)16(27)15(26)12(2)32-20/h11-13,15-17,20,26-28H,3-10,21H2,1-2H3,(H,22,30)(H,23,29)(H,24,25)/t11-,12?,13-,15?,16?,17?,20?/m0/s1. The highest BCUT2D eigenvalue weighted by Crippen LogP contribution is 2.22. The molecule has 1 aliphatic heterocycles. The average Bonchev–Trinajstić information content (AvgIpc) is 2.74. The SMILES string of the molecule is CC1OC(OCCCCCCNC(=O)[C@H](CCC(=O)O)NC(=O)[C@H](C)N)C(O)C(O)C1O. The van der Waals surface area contributed by atoms with Gasteiger partial charge >= 0.3 is 5.97 Å². The predicted octanol–water partition coefficient (Wildman–Crippen LogP) is -1.80. The summed E-state index contributed by atoms with van der Waals surface area (Å²) in [4.78, 5) is 34.8. The van der Waals surface area contributed by atoms with Gasteiger partial charge < -0.3 is 46.3 Å². The van der Waals surface area contributed by atoms with Crippen LogP contribution in [-0.4, -0.2) is 94.2 Å². The van der Waals surface area contributed by atoms with Crippen molar-refractivity contribution in [2.75, 3.05) is 13.2 Å². The highest BCUT2D eigenvalue weighted by Gasteiger charge is 2.42. The molecule has 0 aromatic rings. The molecule has 0 aliphatic carbocycles. The number of ether oxygens (including phenoxy) is 2. The molecule has 0 saturated carbocycles. The van der Waals surface area contributed by atoms with Crippen LogP contribution in [0.25, 0.3) is 0 Å². The van der Waals surface area contributed by atoms with E-state index in [1.165, 1.54) is 6.92 Å². The summed E-state index contributed by atoms with van der Waals surface area (Å²) in [5.41, 5.74) is 5.48. The number of nitrogens with two attached hydrogens (primary N) is 1. The molecule has 1 saturated heterocycles. The molecule has 1 heterocycles. The monoisotopic (exact) mass is 463 g/mol. The zero-order valence-corrected chi connectivity index (χ0v) is 18.6. The van der Waals surface area contributed by atoms with Crippen molar-refractivity contribution in [3.05, 3.63) is 0 Å². The Morgan fingerprint density at radius 1 is 1.03 bits per heavy atom. The number of aliphatic hydroxyl groups excluding tert-OH is 3. The highest BCUT2D eigenvalue weighted by molar-refractivity contribution is 5.89. The van der Waals surface area contributed by atoms with E-state index >= 15 is 0 Å². The van der Waals surface area contributed by atoms with Gasteiger partial charge in [0.15, 0.2) is 6.29 Å². The van der Waals surface area contributed by atoms with Crippen LogP contribution in [0.2, 0.25) is 0 Å². The predicted molar refractivity (Wildman–Crippen MR) is 112 cm³/mol. The number of hydrogen-bond acceptors (Lipinski definition) is 9. The van der Waals surface area contributed by atoms with Gasteiger partial charge in [-0.3, -0.25) is 14.4 Å². The molecule has 12 nitrogen and oxygen atoms in total. The molecule has 0 bridgehead atoms. The van der Waals surface area contributed by atoms with E-state index in [1.54, 1.807) is 6.92 Å². The van der Waals surface area contributed by atoms with Gasteiger partial charge in [-0.05, 0) is 33.1 Å². The van der Waals surface area contributed by atoms with E-state index in [1.807, 2.05) is 0 Å². The Labute approximate surface area is 187 Å². The van der Waals surface area contributed by atoms with Crippen molar-refractivity contribution in [2.24, 2.45) is 5.73 Å². The van der Waals surface area contributed by atoms with Crippen LogP contribution in [0.4, 0.5) is 0 Å². The molecule has 0 aromatic heterocycles. The summed E-state index contributed by atoms with van der Waals surface area (Å²) < 4.78 is 10.8. The Bertz CT molecular complexity index is 605. The molecule has 1 fully saturated rings. The lowest BCUT2D eigenvalue weighted by Crippen LogP contribution is -2.57. The number of nitrogens with one attached hydrogen (secondary N) is 2. The third-order valence-corrected chi connectivity index (χ3v) is 5.15. The molecule has 32 heavy (non-hydrogen) atoms. The lowest BCUT2D eigenvalue weighted by molar-refractivity contribution is -0.293. The first-order valence-electron chi connectivity index (χ1n) is 10.9. The normalized spacial score (nSPS) is 27.4. The third kappa shape index (κ3) is 9.76. The molecular formula is C20H37N3O9. The van der Waals surface area contributed by atoms with Gasteiger partial charge in [0, 0.05) is 19.6 Å². The van der Waals surface area contributed by atoms with Gasteiger partial charge in [0.2, 0.25) is 11.8 Å². The maximum atomic E-state index is 12.3. The number of hydrogen-bond donors (Lipinski definition) is 7. The molecule has 0 radical (unpaired) electrons. The van der Waals surface area contributed by atoms with E-state index in [0.29, 0.717) is 26.0 Å². The summed E-state index contributed by atoms with van der Waals surface area (Å²) in [6, 6.07) is -1.77. The average molecular weight is 464 g/mol. The fourth-order valence-corrected chi connectivity index (χ4v) is 3.11. The Morgan fingerprint density at radius 3 is 2.31 bits per heavy atom. The van der Waals surface area contributed by atoms with Crippen LogP contribution < -0.4 is 16.4 Å². The van der Waals surface area contributed by atoms with Crippen LogP contribution in [-0.2, 0) is 23.9 Å². The van der Waals surface area contributed by atoms with Crippen LogP contribution in [0.15, 0.2) is 0 Å². The van der Waals surface area contributed by atoms with Gasteiger partial charge in [-0.25, -0.2) is 0 Å². The summed E-state index contributed by atoms with van der Waals surface area (Å²) in [5, 5.41) is 43.3. The quantitative estimate of drug-likeness (QED) is 0.144. The van der Waals surface area contributed by atoms with E-state index in [4.69, 9.17) is 20.3 Å². The Kier molecular flexibility index (Phi) is 12.6. The number of rotatable bonds is 14. The molecule has 2 amide bonds. The fourth-order valence-electron chi connectivity index (χ4n) is 3.11. The number of carboxylic acid groups (broad SMARTS) is 1. The van der Waals surface area contributed by atoms with Crippen LogP contribution in [0.5, 0.6) is 0 Å². The molecule has 8 N–H and O–H groups in total. The second-order valence-corrected chi connectivity index (χ2v) is 8.04. The van der Waals surface area contributed by atoms with Crippen molar-refractivity contribution in [1.82, 2.24) is 10.6 Å². The smallest absolute Gasteiger partial charge is 0.303 e. The van der Waals surface area contributed by atoms with E-state index in [2.05, 4.69) is 10.6 Å². The van der Waals surface area contributed by atoms with Gasteiger partial charge in [-0.1, -0.05) is 12.8 Å². The summed E-state index contributed by atoms with van der Waals surface area (Å²) in [6.45, 7) is 3.71. The van der Waals surface area contributed by atoms with Gasteiger partial charge in [0.25, 0.3) is 0 Å². The highest BCUT2D eigenvalue weighted by atomic mass is 16.7. The van der Waals surface area contributed by atoms with Crippen molar-refractivity contribution in [3.63, 3.8) is 0 Å². The number of amides is 2. The first-order valence-corrected chi connectivity index (χ1v) is 10.9. The Balaban J connectivity index is 2.23. The van der Waals surface area contributed by atoms with Gasteiger partial charge in [0.05, 0.1) is 12.1 Å². The van der Waals surface area contributed by atoms with Crippen LogP contribution >= 0.6 is 0 Å². The van der Waals surface area contributed by atoms with E-state index in [9.17, 15) is 29.7 Å². The van der Waals surface area contributed by atoms with E-state index in [0.717, 1.165) is 12.8 Å². The first kappa shape index (κ1) is 28.2. The largest absolute Gasteiger partial charge is 0.481 e. The number of aliphatic hydroxyl groups is 3. The lowest BCUT2D eigenvalue weighted by Gasteiger charge is -2.38. The molecule has 7 atom stereocenters. The van der Waals surface area contributed by atoms with Crippen LogP contribution in [0, 0.1) is 0 Å². The second-order valence-electron chi connectivity index (χ2n) is 8.04. The molecule has 0 aromatic carbocycles. The maximum Gasteiger partial charge on any atom is 0.303 e. The number of aliphatic carboxylic acids is 1. The van der Waals surface area contributed by atoms with E-state index in [-0.39, 0.29) is 12.8 Å². The molecular weight excluding hydrogens is 426 g/mol. The Hall–Kier alpha value is -1.83. The van der Waals surface area contributed by atoms with Crippen LogP contribution in [0.1, 0.15) is 52.4 Å². The summed E-state index contributed by atoms with van der Waals surface area (Å²) in [6.07, 6.45) is -2.88. The summed E-state index contributed by atoms with van der Waals surface area (Å²) in [5.74, 6) is -2.05. The van der Waals surface area contributed by atoms with Crippen molar-refractivity contribution in [2.45, 2.75) is 95.2 Å². The zero-order chi connectivity index (χ0) is 24.3. The minimum Gasteiger partial charge on any atom is -0.481 e. The van der Waals surface area contributed by atoms with E-state index < -0.39 is 60.6 Å². The first-order chi connectivity index (χ1) is 15.0. The number of unbranched alkanes of at least 4 members (excludes halogenated alkanes) is 3. The minimum absolute atomic E-state index is 0.0314. The van der Waals surface area contributed by atoms with Crippen molar-refractivity contribution in [1.29, 1.82) is 0 Å². The zero-order valence-electron chi connectivity index (χ0n) is 18.6. The number of carbonyl (C=O) groups excluding carboxylic acids is 2.